The SMILES string of the molecule is CCNC(=NCc1ccccc1CN1CCCC(C)C1)NC(C)CCS(C)(=O)=O. The van der Waals surface area contributed by atoms with Crippen molar-refractivity contribution in [2.75, 3.05) is 31.6 Å². The molecule has 1 aromatic rings. The molecular weight excluding hydrogens is 384 g/mol. The standard InChI is InChI=1S/C22H38N4O2S/c1-5-23-22(25-19(3)12-14-29(4,27)28)24-15-20-10-6-7-11-21(20)17-26-13-8-9-18(2)16-26/h6-7,10-11,18-19H,5,8-9,12-17H2,1-4H3,(H2,23,24,25). The highest BCUT2D eigenvalue weighted by atomic mass is 32.2. The second-order valence-electron chi connectivity index (χ2n) is 8.41. The maximum absolute atomic E-state index is 11.4. The number of guanidine groups is 1. The zero-order valence-electron chi connectivity index (χ0n) is 18.4. The molecule has 0 radical (unpaired) electrons. The number of benzene rings is 1. The van der Waals surface area contributed by atoms with Gasteiger partial charge in [0.25, 0.3) is 0 Å². The van der Waals surface area contributed by atoms with Crippen molar-refractivity contribution in [2.24, 2.45) is 10.9 Å². The van der Waals surface area contributed by atoms with E-state index in [-0.39, 0.29) is 11.8 Å². The molecule has 0 spiro atoms. The van der Waals surface area contributed by atoms with E-state index in [0.717, 1.165) is 25.0 Å². The van der Waals surface area contributed by atoms with Crippen LogP contribution in [0.25, 0.3) is 0 Å². The average molecular weight is 423 g/mol. The summed E-state index contributed by atoms with van der Waals surface area (Å²) in [7, 11) is -2.95. The second-order valence-corrected chi connectivity index (χ2v) is 10.7. The number of piperidine rings is 1. The van der Waals surface area contributed by atoms with Crippen molar-refractivity contribution in [3.05, 3.63) is 35.4 Å². The van der Waals surface area contributed by atoms with Gasteiger partial charge in [-0.2, -0.15) is 0 Å². The largest absolute Gasteiger partial charge is 0.357 e. The number of nitrogens with one attached hydrogen (secondary N) is 2. The topological polar surface area (TPSA) is 73.8 Å². The quantitative estimate of drug-likeness (QED) is 0.473. The van der Waals surface area contributed by atoms with E-state index in [9.17, 15) is 8.42 Å². The lowest BCUT2D eigenvalue weighted by Gasteiger charge is -2.31. The van der Waals surface area contributed by atoms with Crippen LogP contribution in [0.15, 0.2) is 29.3 Å². The van der Waals surface area contributed by atoms with Crippen molar-refractivity contribution < 1.29 is 8.42 Å². The molecule has 7 heteroatoms. The smallest absolute Gasteiger partial charge is 0.191 e. The van der Waals surface area contributed by atoms with Gasteiger partial charge in [0.2, 0.25) is 0 Å². The summed E-state index contributed by atoms with van der Waals surface area (Å²) in [5.74, 6) is 1.68. The lowest BCUT2D eigenvalue weighted by molar-refractivity contribution is 0.176. The van der Waals surface area contributed by atoms with Gasteiger partial charge in [-0.05, 0) is 56.7 Å². The van der Waals surface area contributed by atoms with E-state index >= 15 is 0 Å². The number of nitrogens with zero attached hydrogens (tertiary/aromatic N) is 2. The first-order valence-corrected chi connectivity index (χ1v) is 12.8. The van der Waals surface area contributed by atoms with Crippen LogP contribution < -0.4 is 10.6 Å². The average Bonchev–Trinajstić information content (AvgIpc) is 2.65. The second kappa shape index (κ2) is 11.6. The third-order valence-corrected chi connectivity index (χ3v) is 6.29. The van der Waals surface area contributed by atoms with Gasteiger partial charge in [-0.3, -0.25) is 4.90 Å². The first-order valence-electron chi connectivity index (χ1n) is 10.8. The van der Waals surface area contributed by atoms with Crippen LogP contribution in [0.3, 0.4) is 0 Å². The predicted molar refractivity (Wildman–Crippen MR) is 122 cm³/mol. The van der Waals surface area contributed by atoms with E-state index in [1.165, 1.54) is 43.3 Å². The van der Waals surface area contributed by atoms with Gasteiger partial charge in [0.05, 0.1) is 12.3 Å². The Morgan fingerprint density at radius 2 is 2.03 bits per heavy atom. The van der Waals surface area contributed by atoms with Crippen molar-refractivity contribution in [2.45, 2.75) is 59.2 Å². The number of sulfone groups is 1. The predicted octanol–water partition coefficient (Wildman–Crippen LogP) is 2.80. The van der Waals surface area contributed by atoms with Crippen LogP contribution in [0, 0.1) is 5.92 Å². The fourth-order valence-electron chi connectivity index (χ4n) is 3.72. The minimum absolute atomic E-state index is 0.0348. The lowest BCUT2D eigenvalue weighted by Crippen LogP contribution is -2.42. The minimum atomic E-state index is -2.95. The molecule has 2 atom stereocenters. The molecule has 1 saturated heterocycles. The van der Waals surface area contributed by atoms with E-state index in [0.29, 0.717) is 13.0 Å². The van der Waals surface area contributed by atoms with Crippen molar-refractivity contribution in [3.63, 3.8) is 0 Å². The molecule has 2 unspecified atom stereocenters. The van der Waals surface area contributed by atoms with Gasteiger partial charge in [0.15, 0.2) is 5.96 Å². The Morgan fingerprint density at radius 1 is 1.31 bits per heavy atom. The summed E-state index contributed by atoms with van der Waals surface area (Å²) in [5.41, 5.74) is 2.58. The van der Waals surface area contributed by atoms with Crippen LogP contribution in [-0.2, 0) is 22.9 Å². The molecule has 0 bridgehead atoms. The summed E-state index contributed by atoms with van der Waals surface area (Å²) < 4.78 is 22.8. The molecule has 2 N–H and O–H groups in total. The highest BCUT2D eigenvalue weighted by Crippen LogP contribution is 2.20. The van der Waals surface area contributed by atoms with E-state index < -0.39 is 9.84 Å². The monoisotopic (exact) mass is 422 g/mol. The van der Waals surface area contributed by atoms with Crippen LogP contribution >= 0.6 is 0 Å². The Morgan fingerprint density at radius 3 is 2.69 bits per heavy atom. The molecule has 0 amide bonds. The van der Waals surface area contributed by atoms with Crippen LogP contribution in [-0.4, -0.2) is 57.0 Å². The molecule has 1 aliphatic rings. The molecule has 1 aliphatic heterocycles. The van der Waals surface area contributed by atoms with Gasteiger partial charge in [-0.1, -0.05) is 31.2 Å². The van der Waals surface area contributed by atoms with Crippen molar-refractivity contribution in [1.29, 1.82) is 0 Å². The van der Waals surface area contributed by atoms with Crippen molar-refractivity contribution in [3.8, 4) is 0 Å². The number of likely N-dealkylation sites (tertiary alicyclic amines) is 1. The van der Waals surface area contributed by atoms with Gasteiger partial charge in [-0.25, -0.2) is 13.4 Å². The lowest BCUT2D eigenvalue weighted by atomic mass is 9.99. The van der Waals surface area contributed by atoms with Gasteiger partial charge in [0.1, 0.15) is 9.84 Å². The number of hydrogen-bond donors (Lipinski definition) is 2. The number of rotatable bonds is 9. The fourth-order valence-corrected chi connectivity index (χ4v) is 4.50. The Labute approximate surface area is 177 Å². The van der Waals surface area contributed by atoms with Gasteiger partial charge in [-0.15, -0.1) is 0 Å². The van der Waals surface area contributed by atoms with Crippen LogP contribution in [0.2, 0.25) is 0 Å². The molecule has 1 heterocycles. The molecule has 1 aromatic carbocycles. The maximum Gasteiger partial charge on any atom is 0.191 e. The molecule has 2 rings (SSSR count). The molecular formula is C22H38N4O2S. The van der Waals surface area contributed by atoms with Crippen LogP contribution in [0.1, 0.15) is 51.2 Å². The highest BCUT2D eigenvalue weighted by molar-refractivity contribution is 7.90. The van der Waals surface area contributed by atoms with E-state index in [1.54, 1.807) is 0 Å². The Bertz CT molecular complexity index is 764. The summed E-state index contributed by atoms with van der Waals surface area (Å²) in [6.45, 7) is 11.0. The molecule has 6 nitrogen and oxygen atoms in total. The third-order valence-electron chi connectivity index (χ3n) is 5.31. The Balaban J connectivity index is 2.01. The summed E-state index contributed by atoms with van der Waals surface area (Å²) in [6.07, 6.45) is 4.45. The normalized spacial score (nSPS) is 19.7. The molecule has 0 aromatic heterocycles. The highest BCUT2D eigenvalue weighted by Gasteiger charge is 2.17. The van der Waals surface area contributed by atoms with Gasteiger partial charge < -0.3 is 10.6 Å². The van der Waals surface area contributed by atoms with E-state index in [2.05, 4.69) is 46.7 Å². The first-order chi connectivity index (χ1) is 13.8. The minimum Gasteiger partial charge on any atom is -0.357 e. The summed E-state index contributed by atoms with van der Waals surface area (Å²) in [4.78, 5) is 7.31. The third kappa shape index (κ3) is 9.17. The fraction of sp³-hybridized carbons (Fsp3) is 0.682. The van der Waals surface area contributed by atoms with Crippen LogP contribution in [0.5, 0.6) is 0 Å². The molecule has 0 aliphatic carbocycles. The molecule has 0 saturated carbocycles. The number of hydrogen-bond acceptors (Lipinski definition) is 4. The maximum atomic E-state index is 11.4. The van der Waals surface area contributed by atoms with Crippen molar-refractivity contribution in [1.82, 2.24) is 15.5 Å². The Kier molecular flexibility index (Phi) is 9.43. The van der Waals surface area contributed by atoms with Gasteiger partial charge >= 0.3 is 0 Å². The molecule has 29 heavy (non-hydrogen) atoms. The number of aliphatic imine (C=N–C) groups is 1. The summed E-state index contributed by atoms with van der Waals surface area (Å²) in [6, 6.07) is 8.57. The van der Waals surface area contributed by atoms with Crippen LogP contribution in [0.4, 0.5) is 0 Å². The van der Waals surface area contributed by atoms with Gasteiger partial charge in [0, 0.05) is 31.9 Å². The molecule has 164 valence electrons. The van der Waals surface area contributed by atoms with Crippen molar-refractivity contribution >= 4 is 15.8 Å². The first kappa shape index (κ1) is 23.7. The van der Waals surface area contributed by atoms with E-state index in [4.69, 9.17) is 4.99 Å². The summed E-state index contributed by atoms with van der Waals surface area (Å²) >= 11 is 0. The molecule has 1 fully saturated rings. The van der Waals surface area contributed by atoms with E-state index in [1.807, 2.05) is 13.8 Å². The zero-order valence-corrected chi connectivity index (χ0v) is 19.3. The Hall–Kier alpha value is -1.60. The zero-order chi connectivity index (χ0) is 21.3. The summed E-state index contributed by atoms with van der Waals surface area (Å²) in [5, 5.41) is 6.60.